The maximum Gasteiger partial charge on any atom is 0.269 e. The van der Waals surface area contributed by atoms with Crippen LogP contribution < -0.4 is 5.32 Å². The van der Waals surface area contributed by atoms with E-state index in [1.807, 2.05) is 26.0 Å². The Bertz CT molecular complexity index is 610. The Morgan fingerprint density at radius 3 is 2.63 bits per heavy atom. The van der Waals surface area contributed by atoms with Gasteiger partial charge in [0.25, 0.3) is 5.69 Å². The summed E-state index contributed by atoms with van der Waals surface area (Å²) in [7, 11) is 0. The number of hydrogen-bond donors (Lipinski definition) is 1. The Hall–Kier alpha value is -1.82. The summed E-state index contributed by atoms with van der Waals surface area (Å²) in [5.41, 5.74) is 1.77. The lowest BCUT2D eigenvalue weighted by molar-refractivity contribution is -0.384. The molecular formula is C13H13BrN2O3. The van der Waals surface area contributed by atoms with Gasteiger partial charge in [0.2, 0.25) is 0 Å². The van der Waals surface area contributed by atoms with Crippen LogP contribution in [0.5, 0.6) is 0 Å². The van der Waals surface area contributed by atoms with Gasteiger partial charge >= 0.3 is 0 Å². The second-order valence-electron chi connectivity index (χ2n) is 4.26. The third kappa shape index (κ3) is 3.14. The van der Waals surface area contributed by atoms with Crippen LogP contribution in [0.3, 0.4) is 0 Å². The zero-order chi connectivity index (χ0) is 14.0. The Morgan fingerprint density at radius 2 is 2.11 bits per heavy atom. The fraction of sp³-hybridized carbons (Fsp3) is 0.231. The minimum absolute atomic E-state index is 0.0218. The van der Waals surface area contributed by atoms with E-state index in [4.69, 9.17) is 4.42 Å². The average Bonchev–Trinajstić information content (AvgIpc) is 2.78. The van der Waals surface area contributed by atoms with Gasteiger partial charge in [-0.25, -0.2) is 0 Å². The lowest BCUT2D eigenvalue weighted by Crippen LogP contribution is -2.06. The maximum atomic E-state index is 10.7. The third-order valence-electron chi connectivity index (χ3n) is 2.81. The lowest BCUT2D eigenvalue weighted by Gasteiger charge is -2.14. The molecular weight excluding hydrogens is 312 g/mol. The highest BCUT2D eigenvalue weighted by atomic mass is 79.9. The van der Waals surface area contributed by atoms with E-state index in [1.54, 1.807) is 12.1 Å². The van der Waals surface area contributed by atoms with Gasteiger partial charge < -0.3 is 9.73 Å². The molecule has 100 valence electrons. The highest BCUT2D eigenvalue weighted by Crippen LogP contribution is 2.27. The summed E-state index contributed by atoms with van der Waals surface area (Å²) >= 11 is 3.26. The molecule has 0 fully saturated rings. The lowest BCUT2D eigenvalue weighted by atomic mass is 10.1. The summed E-state index contributed by atoms with van der Waals surface area (Å²) in [5.74, 6) is 0.796. The number of rotatable bonds is 4. The summed E-state index contributed by atoms with van der Waals surface area (Å²) < 4.78 is 6.14. The smallest absolute Gasteiger partial charge is 0.269 e. The van der Waals surface area contributed by atoms with E-state index in [0.717, 1.165) is 17.0 Å². The van der Waals surface area contributed by atoms with Crippen LogP contribution in [0.4, 0.5) is 11.4 Å². The molecule has 0 spiro atoms. The van der Waals surface area contributed by atoms with Crippen molar-refractivity contribution in [2.45, 2.75) is 19.9 Å². The molecule has 0 aliphatic carbocycles. The van der Waals surface area contributed by atoms with Gasteiger partial charge in [0, 0.05) is 17.8 Å². The summed E-state index contributed by atoms with van der Waals surface area (Å²) in [6.07, 6.45) is 0. The number of nitro benzene ring substituents is 1. The molecule has 0 aliphatic rings. The van der Waals surface area contributed by atoms with Gasteiger partial charge in [-0.3, -0.25) is 10.1 Å². The van der Waals surface area contributed by atoms with Gasteiger partial charge in [-0.2, -0.15) is 0 Å². The topological polar surface area (TPSA) is 68.3 Å². The summed E-state index contributed by atoms with van der Waals surface area (Å²) in [4.78, 5) is 10.3. The predicted octanol–water partition coefficient (Wildman–Crippen LogP) is 4.43. The first-order valence-corrected chi connectivity index (χ1v) is 6.53. The molecule has 0 saturated carbocycles. The molecule has 0 amide bonds. The largest absolute Gasteiger partial charge is 0.452 e. The van der Waals surface area contributed by atoms with Crippen LogP contribution in [-0.2, 0) is 0 Å². The monoisotopic (exact) mass is 324 g/mol. The molecule has 1 N–H and O–H groups in total. The summed E-state index contributed by atoms with van der Waals surface area (Å²) in [6, 6.07) is 8.43. The number of nitrogens with one attached hydrogen (secondary N) is 1. The Morgan fingerprint density at radius 1 is 1.37 bits per heavy atom. The van der Waals surface area contributed by atoms with E-state index >= 15 is 0 Å². The Balaban J connectivity index is 2.17. The Kier molecular flexibility index (Phi) is 3.90. The summed E-state index contributed by atoms with van der Waals surface area (Å²) in [6.45, 7) is 3.80. The van der Waals surface area contributed by atoms with Crippen molar-refractivity contribution in [1.82, 2.24) is 0 Å². The molecule has 2 aromatic rings. The van der Waals surface area contributed by atoms with E-state index in [-0.39, 0.29) is 11.7 Å². The van der Waals surface area contributed by atoms with Crippen LogP contribution in [0.25, 0.3) is 0 Å². The van der Waals surface area contributed by atoms with Crippen molar-refractivity contribution in [3.05, 3.63) is 56.4 Å². The number of nitro groups is 1. The Labute approximate surface area is 118 Å². The molecule has 1 heterocycles. The molecule has 0 bridgehead atoms. The molecule has 1 aromatic carbocycles. The highest BCUT2D eigenvalue weighted by molar-refractivity contribution is 9.10. The molecule has 1 unspecified atom stereocenters. The maximum absolute atomic E-state index is 10.7. The molecule has 0 aliphatic heterocycles. The van der Waals surface area contributed by atoms with Crippen molar-refractivity contribution < 1.29 is 9.34 Å². The predicted molar refractivity (Wildman–Crippen MR) is 76.3 cm³/mol. The van der Waals surface area contributed by atoms with Gasteiger partial charge in [-0.05, 0) is 53.5 Å². The number of anilines is 1. The first-order valence-electron chi connectivity index (χ1n) is 5.74. The van der Waals surface area contributed by atoms with Gasteiger partial charge in [0.1, 0.15) is 5.76 Å². The average molecular weight is 325 g/mol. The zero-order valence-corrected chi connectivity index (χ0v) is 12.1. The molecule has 0 saturated heterocycles. The normalized spacial score (nSPS) is 12.2. The number of furan rings is 1. The fourth-order valence-electron chi connectivity index (χ4n) is 1.79. The van der Waals surface area contributed by atoms with Gasteiger partial charge in [0.05, 0.1) is 11.0 Å². The number of nitrogens with zero attached hydrogens (tertiary/aromatic N) is 1. The second-order valence-corrected chi connectivity index (χ2v) is 5.05. The first-order chi connectivity index (χ1) is 8.97. The van der Waals surface area contributed by atoms with Crippen LogP contribution in [0.2, 0.25) is 0 Å². The quantitative estimate of drug-likeness (QED) is 0.667. The minimum atomic E-state index is -0.399. The number of non-ortho nitro benzene ring substituents is 1. The second kappa shape index (κ2) is 5.44. The molecule has 1 aromatic heterocycles. The molecule has 1 atom stereocenters. The third-order valence-corrected chi connectivity index (χ3v) is 3.24. The fourth-order valence-corrected chi connectivity index (χ4v) is 2.11. The van der Waals surface area contributed by atoms with Crippen molar-refractivity contribution in [3.63, 3.8) is 0 Å². The van der Waals surface area contributed by atoms with Gasteiger partial charge in [0.15, 0.2) is 4.67 Å². The van der Waals surface area contributed by atoms with Crippen LogP contribution in [0, 0.1) is 17.0 Å². The van der Waals surface area contributed by atoms with Crippen molar-refractivity contribution in [2.75, 3.05) is 5.32 Å². The van der Waals surface area contributed by atoms with E-state index in [9.17, 15) is 10.1 Å². The molecule has 6 heteroatoms. The summed E-state index contributed by atoms with van der Waals surface area (Å²) in [5, 5.41) is 13.9. The van der Waals surface area contributed by atoms with Crippen LogP contribution in [0.1, 0.15) is 24.3 Å². The number of benzene rings is 1. The number of hydrogen-bond acceptors (Lipinski definition) is 4. The van der Waals surface area contributed by atoms with Crippen molar-refractivity contribution in [3.8, 4) is 0 Å². The van der Waals surface area contributed by atoms with Gasteiger partial charge in [-0.15, -0.1) is 0 Å². The molecule has 2 rings (SSSR count). The standard InChI is InChI=1S/C13H13BrN2O3/c1-8-7-10(16(17)18)3-4-11(8)15-9(2)12-5-6-13(14)19-12/h3-7,9,15H,1-2H3. The SMILES string of the molecule is Cc1cc([N+](=O)[O-])ccc1NC(C)c1ccc(Br)o1. The van der Waals surface area contributed by atoms with Crippen LogP contribution in [-0.4, -0.2) is 4.92 Å². The van der Waals surface area contributed by atoms with E-state index in [0.29, 0.717) is 4.67 Å². The molecule has 5 nitrogen and oxygen atoms in total. The molecule has 19 heavy (non-hydrogen) atoms. The van der Waals surface area contributed by atoms with Crippen molar-refractivity contribution in [2.24, 2.45) is 0 Å². The van der Waals surface area contributed by atoms with Crippen LogP contribution in [0.15, 0.2) is 39.4 Å². The van der Waals surface area contributed by atoms with Crippen molar-refractivity contribution in [1.29, 1.82) is 0 Å². The highest BCUT2D eigenvalue weighted by Gasteiger charge is 2.13. The zero-order valence-electron chi connectivity index (χ0n) is 10.5. The number of aryl methyl sites for hydroxylation is 1. The van der Waals surface area contributed by atoms with E-state index in [1.165, 1.54) is 6.07 Å². The van der Waals surface area contributed by atoms with Crippen molar-refractivity contribution >= 4 is 27.3 Å². The number of halogens is 1. The van der Waals surface area contributed by atoms with Crippen LogP contribution >= 0.6 is 15.9 Å². The van der Waals surface area contributed by atoms with Gasteiger partial charge in [-0.1, -0.05) is 0 Å². The first kappa shape index (κ1) is 13.6. The van der Waals surface area contributed by atoms with E-state index < -0.39 is 4.92 Å². The minimum Gasteiger partial charge on any atom is -0.452 e. The van der Waals surface area contributed by atoms with E-state index in [2.05, 4.69) is 21.2 Å². The molecule has 0 radical (unpaired) electrons.